The van der Waals surface area contributed by atoms with Crippen LogP contribution in [0, 0.1) is 0 Å². The van der Waals surface area contributed by atoms with Crippen molar-refractivity contribution >= 4 is 27.4 Å². The summed E-state index contributed by atoms with van der Waals surface area (Å²) in [5.74, 6) is -0.857. The maximum atomic E-state index is 11.1. The van der Waals surface area contributed by atoms with Gasteiger partial charge in [0.2, 0.25) is 0 Å². The fourth-order valence-corrected chi connectivity index (χ4v) is 3.18. The zero-order chi connectivity index (χ0) is 12.4. The molecule has 0 radical (unpaired) electrons. The first-order valence-electron chi connectivity index (χ1n) is 5.51. The topological polar surface area (TPSA) is 49.3 Å². The third kappa shape index (κ3) is 2.18. The van der Waals surface area contributed by atoms with Gasteiger partial charge in [0.15, 0.2) is 0 Å². The van der Waals surface area contributed by atoms with Crippen molar-refractivity contribution in [2.45, 2.75) is 18.9 Å². The number of benzene rings is 1. The summed E-state index contributed by atoms with van der Waals surface area (Å²) in [4.78, 5) is 11.1. The Morgan fingerprint density at radius 2 is 2.12 bits per heavy atom. The molecule has 0 aliphatic carbocycles. The number of nitrogens with one attached hydrogen (secondary N) is 1. The number of carboxylic acids is 1. The van der Waals surface area contributed by atoms with E-state index in [4.69, 9.17) is 5.11 Å². The molecule has 2 aromatic rings. The monoisotopic (exact) mass is 249 g/mol. The first-order chi connectivity index (χ1) is 8.15. The van der Waals surface area contributed by atoms with E-state index in [-0.39, 0.29) is 5.92 Å². The van der Waals surface area contributed by atoms with Crippen LogP contribution in [0.3, 0.4) is 0 Å². The second kappa shape index (κ2) is 4.85. The molecule has 1 heterocycles. The van der Waals surface area contributed by atoms with Crippen LogP contribution in [0.4, 0.5) is 0 Å². The SMILES string of the molecule is CNC(C(=O)O)C(C)c1csc2ccccc12. The van der Waals surface area contributed by atoms with Gasteiger partial charge in [-0.3, -0.25) is 4.79 Å². The summed E-state index contributed by atoms with van der Waals surface area (Å²) in [5.41, 5.74) is 1.10. The summed E-state index contributed by atoms with van der Waals surface area (Å²) in [5, 5.41) is 15.2. The molecule has 4 heteroatoms. The minimum atomic E-state index is -0.810. The van der Waals surface area contributed by atoms with Crippen LogP contribution in [0.25, 0.3) is 10.1 Å². The highest BCUT2D eigenvalue weighted by molar-refractivity contribution is 7.17. The Hall–Kier alpha value is -1.39. The lowest BCUT2D eigenvalue weighted by Crippen LogP contribution is -2.38. The van der Waals surface area contributed by atoms with Crippen molar-refractivity contribution in [2.24, 2.45) is 0 Å². The van der Waals surface area contributed by atoms with Gasteiger partial charge in [0.25, 0.3) is 0 Å². The van der Waals surface area contributed by atoms with Gasteiger partial charge in [0.05, 0.1) is 0 Å². The maximum absolute atomic E-state index is 11.1. The largest absolute Gasteiger partial charge is 0.480 e. The van der Waals surface area contributed by atoms with Crippen LogP contribution >= 0.6 is 11.3 Å². The van der Waals surface area contributed by atoms with E-state index < -0.39 is 12.0 Å². The molecule has 1 aromatic heterocycles. The average Bonchev–Trinajstić information content (AvgIpc) is 2.72. The molecule has 0 spiro atoms. The molecule has 0 saturated heterocycles. The van der Waals surface area contributed by atoms with Gasteiger partial charge in [0.1, 0.15) is 6.04 Å². The molecule has 1 aromatic carbocycles. The van der Waals surface area contributed by atoms with E-state index in [1.807, 2.05) is 25.1 Å². The lowest BCUT2D eigenvalue weighted by molar-refractivity contribution is -0.139. The van der Waals surface area contributed by atoms with Gasteiger partial charge in [-0.25, -0.2) is 0 Å². The lowest BCUT2D eigenvalue weighted by atomic mass is 9.93. The Bertz CT molecular complexity index is 535. The van der Waals surface area contributed by atoms with Crippen LogP contribution in [0.2, 0.25) is 0 Å². The molecule has 0 aliphatic rings. The number of hydrogen-bond acceptors (Lipinski definition) is 3. The zero-order valence-electron chi connectivity index (χ0n) is 9.81. The number of aliphatic carboxylic acids is 1. The van der Waals surface area contributed by atoms with Crippen molar-refractivity contribution < 1.29 is 9.90 Å². The number of rotatable bonds is 4. The van der Waals surface area contributed by atoms with E-state index in [0.717, 1.165) is 10.9 Å². The van der Waals surface area contributed by atoms with Crippen molar-refractivity contribution in [1.82, 2.24) is 5.32 Å². The predicted octanol–water partition coefficient (Wildman–Crippen LogP) is 2.68. The van der Waals surface area contributed by atoms with Crippen molar-refractivity contribution in [1.29, 1.82) is 0 Å². The van der Waals surface area contributed by atoms with Crippen LogP contribution in [0.1, 0.15) is 18.4 Å². The van der Waals surface area contributed by atoms with Crippen molar-refractivity contribution in [3.8, 4) is 0 Å². The summed E-state index contributed by atoms with van der Waals surface area (Å²) in [6.45, 7) is 1.95. The third-order valence-electron chi connectivity index (χ3n) is 3.08. The van der Waals surface area contributed by atoms with E-state index in [1.165, 1.54) is 4.70 Å². The first-order valence-corrected chi connectivity index (χ1v) is 6.39. The number of likely N-dealkylation sites (N-methyl/N-ethyl adjacent to an activating group) is 1. The van der Waals surface area contributed by atoms with E-state index in [1.54, 1.807) is 18.4 Å². The molecule has 2 rings (SSSR count). The normalized spacial score (nSPS) is 14.7. The quantitative estimate of drug-likeness (QED) is 0.876. The highest BCUT2D eigenvalue weighted by atomic mass is 32.1. The molecule has 0 bridgehead atoms. The minimum Gasteiger partial charge on any atom is -0.480 e. The second-order valence-corrected chi connectivity index (χ2v) is 4.99. The van der Waals surface area contributed by atoms with Crippen LogP contribution in [0.5, 0.6) is 0 Å². The van der Waals surface area contributed by atoms with Gasteiger partial charge in [-0.15, -0.1) is 11.3 Å². The van der Waals surface area contributed by atoms with Gasteiger partial charge >= 0.3 is 5.97 Å². The van der Waals surface area contributed by atoms with Crippen molar-refractivity contribution in [3.05, 3.63) is 35.2 Å². The van der Waals surface area contributed by atoms with Gasteiger partial charge in [-0.05, 0) is 29.4 Å². The van der Waals surface area contributed by atoms with Gasteiger partial charge < -0.3 is 10.4 Å². The van der Waals surface area contributed by atoms with Crippen LogP contribution < -0.4 is 5.32 Å². The molecule has 0 fully saturated rings. The Morgan fingerprint density at radius 1 is 1.41 bits per heavy atom. The second-order valence-electron chi connectivity index (χ2n) is 4.08. The smallest absolute Gasteiger partial charge is 0.321 e. The van der Waals surface area contributed by atoms with E-state index in [9.17, 15) is 4.79 Å². The fraction of sp³-hybridized carbons (Fsp3) is 0.308. The lowest BCUT2D eigenvalue weighted by Gasteiger charge is -2.19. The molecule has 0 aliphatic heterocycles. The molecule has 3 nitrogen and oxygen atoms in total. The van der Waals surface area contributed by atoms with Crippen molar-refractivity contribution in [2.75, 3.05) is 7.05 Å². The Morgan fingerprint density at radius 3 is 2.76 bits per heavy atom. The molecular formula is C13H15NO2S. The standard InChI is InChI=1S/C13H15NO2S/c1-8(12(14-2)13(15)16)10-7-17-11-6-4-3-5-9(10)11/h3-8,12,14H,1-2H3,(H,15,16). The molecule has 2 N–H and O–H groups in total. The van der Waals surface area contributed by atoms with Crippen molar-refractivity contribution in [3.63, 3.8) is 0 Å². The van der Waals surface area contributed by atoms with Crippen LogP contribution in [-0.2, 0) is 4.79 Å². The Kier molecular flexibility index (Phi) is 3.45. The van der Waals surface area contributed by atoms with E-state index in [0.29, 0.717) is 0 Å². The molecule has 2 unspecified atom stereocenters. The number of carbonyl (C=O) groups is 1. The molecule has 0 amide bonds. The van der Waals surface area contributed by atoms with Gasteiger partial charge in [-0.2, -0.15) is 0 Å². The molecule has 17 heavy (non-hydrogen) atoms. The van der Waals surface area contributed by atoms with Crippen LogP contribution in [-0.4, -0.2) is 24.2 Å². The molecule has 90 valence electrons. The summed E-state index contributed by atoms with van der Waals surface area (Å²) < 4.78 is 1.20. The van der Waals surface area contributed by atoms with Gasteiger partial charge in [0, 0.05) is 10.6 Å². The third-order valence-corrected chi connectivity index (χ3v) is 4.06. The first kappa shape index (κ1) is 12.1. The highest BCUT2D eigenvalue weighted by Crippen LogP contribution is 2.32. The predicted molar refractivity (Wildman–Crippen MR) is 70.7 cm³/mol. The highest BCUT2D eigenvalue weighted by Gasteiger charge is 2.25. The molecule has 0 saturated carbocycles. The van der Waals surface area contributed by atoms with Crippen LogP contribution in [0.15, 0.2) is 29.6 Å². The average molecular weight is 249 g/mol. The summed E-state index contributed by atoms with van der Waals surface area (Å²) in [6.07, 6.45) is 0. The summed E-state index contributed by atoms with van der Waals surface area (Å²) in [6, 6.07) is 7.55. The zero-order valence-corrected chi connectivity index (χ0v) is 10.6. The van der Waals surface area contributed by atoms with E-state index >= 15 is 0 Å². The molecule has 2 atom stereocenters. The minimum absolute atomic E-state index is 0.0475. The maximum Gasteiger partial charge on any atom is 0.321 e. The number of thiophene rings is 1. The number of hydrogen-bond donors (Lipinski definition) is 2. The fourth-order valence-electron chi connectivity index (χ4n) is 2.12. The summed E-state index contributed by atoms with van der Waals surface area (Å²) in [7, 11) is 1.68. The molecular weight excluding hydrogens is 234 g/mol. The van der Waals surface area contributed by atoms with Gasteiger partial charge in [-0.1, -0.05) is 25.1 Å². The number of carboxylic acid groups (broad SMARTS) is 1. The Balaban J connectivity index is 2.42. The van der Waals surface area contributed by atoms with E-state index in [2.05, 4.69) is 16.8 Å². The number of fused-ring (bicyclic) bond motifs is 1. The summed E-state index contributed by atoms with van der Waals surface area (Å²) >= 11 is 1.66. The Labute approximate surface area is 104 Å².